The van der Waals surface area contributed by atoms with Crippen molar-refractivity contribution >= 4 is 17.7 Å². The van der Waals surface area contributed by atoms with Gasteiger partial charge in [-0.2, -0.15) is 5.26 Å². The van der Waals surface area contributed by atoms with Crippen LogP contribution in [0.5, 0.6) is 0 Å². The van der Waals surface area contributed by atoms with E-state index < -0.39 is 5.97 Å². The van der Waals surface area contributed by atoms with Crippen molar-refractivity contribution in [2.75, 3.05) is 7.11 Å². The number of hydrogen-bond acceptors (Lipinski definition) is 5. The number of ether oxygens (including phenoxy) is 1. The molecule has 0 radical (unpaired) electrons. The Morgan fingerprint density at radius 3 is 2.55 bits per heavy atom. The Hall–Kier alpha value is -1.15. The molecule has 0 aromatic carbocycles. The smallest absolute Gasteiger partial charge is 0.347 e. The van der Waals surface area contributed by atoms with Gasteiger partial charge >= 0.3 is 5.97 Å². The summed E-state index contributed by atoms with van der Waals surface area (Å²) in [5.74, 6) is -0.573. The molecule has 0 amide bonds. The number of carbonyl (C=O) groups is 1. The van der Waals surface area contributed by atoms with Crippen LogP contribution in [0.2, 0.25) is 0 Å². The summed E-state index contributed by atoms with van der Waals surface area (Å²) < 4.78 is 4.38. The topological polar surface area (TPSA) is 76.1 Å². The third kappa shape index (κ3) is 2.96. The average Bonchev–Trinajstić information content (AvgIpc) is 1.98. The van der Waals surface area contributed by atoms with Crippen LogP contribution in [0.15, 0.2) is 10.6 Å². The van der Waals surface area contributed by atoms with Crippen molar-refractivity contribution in [1.82, 2.24) is 0 Å². The summed E-state index contributed by atoms with van der Waals surface area (Å²) in [6, 6.07) is 0. The lowest BCUT2D eigenvalue weighted by atomic mass is 10.4. The first-order valence-corrected chi connectivity index (χ1v) is 3.55. The van der Waals surface area contributed by atoms with Crippen molar-refractivity contribution < 1.29 is 9.53 Å². The summed E-state index contributed by atoms with van der Waals surface area (Å²) in [6.45, 7) is 1.54. The number of nitrogens with zero attached hydrogens (tertiary/aromatic N) is 1. The summed E-state index contributed by atoms with van der Waals surface area (Å²) in [6.07, 6.45) is 0. The van der Waals surface area contributed by atoms with Gasteiger partial charge < -0.3 is 10.5 Å². The normalized spacial score (nSPS) is 11.4. The zero-order valence-corrected chi connectivity index (χ0v) is 7.07. The zero-order valence-electron chi connectivity index (χ0n) is 6.25. The van der Waals surface area contributed by atoms with Crippen LogP contribution in [0.3, 0.4) is 0 Å². The number of thiocyanates is 1. The maximum Gasteiger partial charge on any atom is 0.347 e. The minimum atomic E-state index is -0.573. The number of rotatable bonds is 2. The third-order valence-corrected chi connectivity index (χ3v) is 1.66. The highest BCUT2D eigenvalue weighted by Crippen LogP contribution is 2.16. The minimum absolute atomic E-state index is 0.148. The van der Waals surface area contributed by atoms with Crippen LogP contribution in [-0.2, 0) is 9.53 Å². The number of thioether (sulfide) groups is 1. The number of hydrogen-bond donors (Lipinski definition) is 1. The highest BCUT2D eigenvalue weighted by molar-refractivity contribution is 8.08. The van der Waals surface area contributed by atoms with Gasteiger partial charge in [0.05, 0.1) is 7.11 Å². The molecule has 4 nitrogen and oxygen atoms in total. The fourth-order valence-corrected chi connectivity index (χ4v) is 0.840. The predicted octanol–water partition coefficient (Wildman–Crippen LogP) is 0.564. The molecule has 0 saturated carbocycles. The van der Waals surface area contributed by atoms with Crippen molar-refractivity contribution in [3.8, 4) is 5.40 Å². The molecule has 0 bridgehead atoms. The first-order valence-electron chi connectivity index (χ1n) is 2.74. The largest absolute Gasteiger partial charge is 0.465 e. The lowest BCUT2D eigenvalue weighted by Crippen LogP contribution is -2.07. The van der Waals surface area contributed by atoms with Gasteiger partial charge in [0, 0.05) is 5.70 Å². The quantitative estimate of drug-likeness (QED) is 0.374. The van der Waals surface area contributed by atoms with E-state index in [2.05, 4.69) is 4.74 Å². The van der Waals surface area contributed by atoms with E-state index in [1.807, 2.05) is 0 Å². The summed E-state index contributed by atoms with van der Waals surface area (Å²) in [5, 5.41) is 9.99. The second kappa shape index (κ2) is 4.63. The maximum atomic E-state index is 10.8. The van der Waals surface area contributed by atoms with Gasteiger partial charge in [0.25, 0.3) is 0 Å². The monoisotopic (exact) mass is 172 g/mol. The Kier molecular flexibility index (Phi) is 4.15. The van der Waals surface area contributed by atoms with Gasteiger partial charge in [-0.3, -0.25) is 0 Å². The molecule has 0 spiro atoms. The van der Waals surface area contributed by atoms with E-state index in [4.69, 9.17) is 11.0 Å². The van der Waals surface area contributed by atoms with Crippen LogP contribution in [-0.4, -0.2) is 13.1 Å². The lowest BCUT2D eigenvalue weighted by molar-refractivity contribution is -0.135. The number of methoxy groups -OCH3 is 1. The molecule has 0 aromatic heterocycles. The van der Waals surface area contributed by atoms with E-state index in [-0.39, 0.29) is 4.91 Å². The molecule has 2 N–H and O–H groups in total. The van der Waals surface area contributed by atoms with Gasteiger partial charge in [0.2, 0.25) is 0 Å². The molecule has 11 heavy (non-hydrogen) atoms. The molecule has 0 aromatic rings. The van der Waals surface area contributed by atoms with Crippen LogP contribution in [0.4, 0.5) is 0 Å². The fourth-order valence-electron chi connectivity index (χ4n) is 0.421. The molecule has 5 heteroatoms. The molecule has 0 atom stereocenters. The van der Waals surface area contributed by atoms with E-state index in [1.54, 1.807) is 5.40 Å². The number of esters is 1. The van der Waals surface area contributed by atoms with E-state index in [1.165, 1.54) is 14.0 Å². The first-order chi connectivity index (χ1) is 5.13. The predicted molar refractivity (Wildman–Crippen MR) is 42.1 cm³/mol. The van der Waals surface area contributed by atoms with Crippen molar-refractivity contribution in [1.29, 1.82) is 5.26 Å². The summed E-state index contributed by atoms with van der Waals surface area (Å²) >= 11 is 0.703. The van der Waals surface area contributed by atoms with Gasteiger partial charge in [-0.1, -0.05) is 0 Å². The molecular weight excluding hydrogens is 164 g/mol. The van der Waals surface area contributed by atoms with Crippen molar-refractivity contribution in [3.05, 3.63) is 10.6 Å². The Bertz CT molecular complexity index is 225. The number of nitriles is 1. The number of nitrogens with two attached hydrogens (primary N) is 1. The standard InChI is InChI=1S/C6H8N2O2S/c1-4(8)5(11-3-7)6(9)10-2/h8H2,1-2H3/b5-4+. The molecule has 0 rings (SSSR count). The molecular formula is C6H8N2O2S. The Labute approximate surface area is 69.0 Å². The molecule has 0 unspecified atom stereocenters. The van der Waals surface area contributed by atoms with Gasteiger partial charge in [0.15, 0.2) is 0 Å². The summed E-state index contributed by atoms with van der Waals surface area (Å²) in [4.78, 5) is 11.0. The average molecular weight is 172 g/mol. The molecule has 0 fully saturated rings. The minimum Gasteiger partial charge on any atom is -0.465 e. The van der Waals surface area contributed by atoms with Crippen molar-refractivity contribution in [2.24, 2.45) is 5.73 Å². The van der Waals surface area contributed by atoms with Crippen LogP contribution < -0.4 is 5.73 Å². The van der Waals surface area contributed by atoms with Gasteiger partial charge in [-0.15, -0.1) is 0 Å². The molecule has 0 aliphatic carbocycles. The Balaban J connectivity index is 4.52. The van der Waals surface area contributed by atoms with E-state index in [9.17, 15) is 4.79 Å². The Morgan fingerprint density at radius 1 is 1.73 bits per heavy atom. The van der Waals surface area contributed by atoms with Gasteiger partial charge in [0.1, 0.15) is 10.3 Å². The highest BCUT2D eigenvalue weighted by Gasteiger charge is 2.11. The van der Waals surface area contributed by atoms with Crippen LogP contribution in [0, 0.1) is 10.7 Å². The number of carbonyl (C=O) groups excluding carboxylic acids is 1. The zero-order chi connectivity index (χ0) is 8.85. The summed E-state index contributed by atoms with van der Waals surface area (Å²) in [7, 11) is 1.24. The molecule has 60 valence electrons. The highest BCUT2D eigenvalue weighted by atomic mass is 32.2. The molecule has 0 aliphatic rings. The molecule has 0 saturated heterocycles. The van der Waals surface area contributed by atoms with Crippen molar-refractivity contribution in [2.45, 2.75) is 6.92 Å². The van der Waals surface area contributed by atoms with Gasteiger partial charge in [-0.25, -0.2) is 4.79 Å². The van der Waals surface area contributed by atoms with E-state index in [0.717, 1.165) is 0 Å². The van der Waals surface area contributed by atoms with Crippen LogP contribution in [0.25, 0.3) is 0 Å². The number of allylic oxidation sites excluding steroid dienone is 1. The van der Waals surface area contributed by atoms with E-state index >= 15 is 0 Å². The Morgan fingerprint density at radius 2 is 2.27 bits per heavy atom. The lowest BCUT2D eigenvalue weighted by Gasteiger charge is -2.00. The SMILES string of the molecule is COC(=O)/C(SC#N)=C(/C)N. The molecule has 0 aliphatic heterocycles. The summed E-state index contributed by atoms with van der Waals surface area (Å²) in [5.41, 5.74) is 5.60. The van der Waals surface area contributed by atoms with Gasteiger partial charge in [-0.05, 0) is 18.7 Å². The molecule has 0 heterocycles. The third-order valence-electron chi connectivity index (χ3n) is 0.877. The second-order valence-corrected chi connectivity index (χ2v) is 2.49. The maximum absolute atomic E-state index is 10.8. The second-order valence-electron chi connectivity index (χ2n) is 1.70. The van der Waals surface area contributed by atoms with E-state index in [0.29, 0.717) is 17.5 Å². The van der Waals surface area contributed by atoms with Crippen LogP contribution in [0.1, 0.15) is 6.92 Å². The fraction of sp³-hybridized carbons (Fsp3) is 0.333. The van der Waals surface area contributed by atoms with Crippen molar-refractivity contribution in [3.63, 3.8) is 0 Å². The van der Waals surface area contributed by atoms with Crippen LogP contribution >= 0.6 is 11.8 Å². The first kappa shape index (κ1) is 9.85.